The number of aliphatic hydroxyl groups is 4. The van der Waals surface area contributed by atoms with Crippen LogP contribution < -0.4 is 0 Å². The van der Waals surface area contributed by atoms with Gasteiger partial charge in [-0.2, -0.15) is 0 Å². The van der Waals surface area contributed by atoms with Gasteiger partial charge in [-0.3, -0.25) is 14.6 Å². The molecule has 4 rings (SSSR count). The van der Waals surface area contributed by atoms with E-state index in [1.54, 1.807) is 0 Å². The van der Waals surface area contributed by atoms with Crippen molar-refractivity contribution in [3.8, 4) is 0 Å². The number of piperidine rings is 2. The van der Waals surface area contributed by atoms with Crippen molar-refractivity contribution in [1.82, 2.24) is 9.80 Å². The van der Waals surface area contributed by atoms with Crippen LogP contribution >= 0.6 is 0 Å². The van der Waals surface area contributed by atoms with Gasteiger partial charge < -0.3 is 20.4 Å². The highest BCUT2D eigenvalue weighted by atomic mass is 16.4. The molecule has 0 spiro atoms. The third-order valence-electron chi connectivity index (χ3n) is 5.86. The summed E-state index contributed by atoms with van der Waals surface area (Å²) in [5, 5.41) is 39.2. The van der Waals surface area contributed by atoms with Crippen molar-refractivity contribution in [3.05, 3.63) is 0 Å². The topological polar surface area (TPSA) is 104 Å². The Bertz CT molecular complexity index is 469. The Morgan fingerprint density at radius 2 is 1.74 bits per heavy atom. The van der Waals surface area contributed by atoms with Crippen molar-refractivity contribution < 1.29 is 25.2 Å². The van der Waals surface area contributed by atoms with Crippen molar-refractivity contribution in [2.75, 3.05) is 32.8 Å². The summed E-state index contributed by atoms with van der Waals surface area (Å²) < 4.78 is 0. The van der Waals surface area contributed by atoms with Gasteiger partial charge in [0, 0.05) is 26.2 Å². The van der Waals surface area contributed by atoms with Gasteiger partial charge in [0.15, 0.2) is 0 Å². The lowest BCUT2D eigenvalue weighted by atomic mass is 9.59. The minimum Gasteiger partial charge on any atom is -0.394 e. The third-order valence-corrected chi connectivity index (χ3v) is 5.86. The van der Waals surface area contributed by atoms with E-state index in [4.69, 9.17) is 5.11 Å². The first kappa shape index (κ1) is 17.3. The average molecular weight is 328 g/mol. The van der Waals surface area contributed by atoms with Gasteiger partial charge in [0.05, 0.1) is 23.6 Å². The molecule has 7 heteroatoms. The fourth-order valence-corrected chi connectivity index (χ4v) is 5.11. The van der Waals surface area contributed by atoms with Gasteiger partial charge in [-0.25, -0.2) is 0 Å². The van der Waals surface area contributed by atoms with E-state index < -0.39 is 36.5 Å². The molecule has 2 unspecified atom stereocenters. The summed E-state index contributed by atoms with van der Waals surface area (Å²) in [5.74, 6) is 0.336. The van der Waals surface area contributed by atoms with Gasteiger partial charge in [-0.05, 0) is 6.42 Å². The van der Waals surface area contributed by atoms with Crippen LogP contribution in [0.25, 0.3) is 0 Å². The summed E-state index contributed by atoms with van der Waals surface area (Å²) in [4.78, 5) is 17.1. The molecule has 4 aliphatic heterocycles. The molecule has 0 aromatic rings. The van der Waals surface area contributed by atoms with Crippen LogP contribution in [-0.2, 0) is 4.79 Å². The maximum Gasteiger partial charge on any atom is 0.150 e. The standard InChI is InChI=1S/C16H28N2O5/c1-3-4-16-8-17-6-15(2,14(16)23)7-18(9-16)13(17)12(22)11(21)10(20)5-19/h10-13,19-22H,3-9H2,1-2H3/t10-,11+,12-,13?,15?,16?/m1/s1. The van der Waals surface area contributed by atoms with E-state index in [9.17, 15) is 20.1 Å². The van der Waals surface area contributed by atoms with Gasteiger partial charge in [-0.1, -0.05) is 20.3 Å². The van der Waals surface area contributed by atoms with Crippen LogP contribution in [0.5, 0.6) is 0 Å². The SMILES string of the molecule is CCCC12CN3CC(C)(CN(C1)C3[C@H](O)[C@@H](O)[C@H](O)CO)C2=O. The molecule has 0 aliphatic carbocycles. The Labute approximate surface area is 136 Å². The zero-order chi connectivity index (χ0) is 17.0. The van der Waals surface area contributed by atoms with E-state index in [0.29, 0.717) is 32.0 Å². The van der Waals surface area contributed by atoms with Crippen LogP contribution in [0, 0.1) is 10.8 Å². The Morgan fingerprint density at radius 1 is 1.17 bits per heavy atom. The molecule has 0 radical (unpaired) electrons. The lowest BCUT2D eigenvalue weighted by Gasteiger charge is -2.66. The van der Waals surface area contributed by atoms with Crippen LogP contribution in [0.1, 0.15) is 26.7 Å². The van der Waals surface area contributed by atoms with Gasteiger partial charge in [0.25, 0.3) is 0 Å². The van der Waals surface area contributed by atoms with Crippen molar-refractivity contribution in [2.45, 2.75) is 51.2 Å². The lowest BCUT2D eigenvalue weighted by Crippen LogP contribution is -2.81. The Hall–Kier alpha value is -0.570. The van der Waals surface area contributed by atoms with Crippen LogP contribution in [0.15, 0.2) is 0 Å². The smallest absolute Gasteiger partial charge is 0.150 e. The Kier molecular flexibility index (Phi) is 4.32. The van der Waals surface area contributed by atoms with Crippen molar-refractivity contribution in [3.63, 3.8) is 0 Å². The maximum absolute atomic E-state index is 12.9. The zero-order valence-electron chi connectivity index (χ0n) is 13.9. The highest BCUT2D eigenvalue weighted by Crippen LogP contribution is 2.50. The molecule has 4 fully saturated rings. The molecular formula is C16H28N2O5. The first-order valence-corrected chi connectivity index (χ1v) is 8.46. The number of hydrogen-bond donors (Lipinski definition) is 4. The molecule has 4 heterocycles. The summed E-state index contributed by atoms with van der Waals surface area (Å²) >= 11 is 0. The molecule has 4 bridgehead atoms. The second-order valence-electron chi connectivity index (χ2n) is 7.87. The molecule has 0 aromatic carbocycles. The van der Waals surface area contributed by atoms with E-state index in [1.807, 2.05) is 6.92 Å². The number of aliphatic hydroxyl groups excluding tert-OH is 4. The van der Waals surface area contributed by atoms with E-state index >= 15 is 0 Å². The predicted molar refractivity (Wildman–Crippen MR) is 82.5 cm³/mol. The number of carbonyl (C=O) groups is 1. The fourth-order valence-electron chi connectivity index (χ4n) is 5.11. The molecule has 0 saturated carbocycles. The van der Waals surface area contributed by atoms with Crippen molar-refractivity contribution in [2.24, 2.45) is 10.8 Å². The Balaban J connectivity index is 1.86. The van der Waals surface area contributed by atoms with Crippen LogP contribution in [0.3, 0.4) is 0 Å². The highest BCUT2D eigenvalue weighted by molar-refractivity contribution is 5.93. The Morgan fingerprint density at radius 3 is 2.22 bits per heavy atom. The molecule has 4 aliphatic rings. The first-order valence-electron chi connectivity index (χ1n) is 8.46. The maximum atomic E-state index is 12.9. The van der Waals surface area contributed by atoms with Crippen LogP contribution in [0.2, 0.25) is 0 Å². The number of Topliss-reactive ketones (excluding diaryl/α,β-unsaturated/α-hetero) is 1. The molecule has 4 saturated heterocycles. The average Bonchev–Trinajstić information content (AvgIpc) is 2.49. The van der Waals surface area contributed by atoms with Gasteiger partial charge in [0.2, 0.25) is 0 Å². The first-order chi connectivity index (χ1) is 10.8. The molecule has 4 N–H and O–H groups in total. The summed E-state index contributed by atoms with van der Waals surface area (Å²) in [6.07, 6.45) is -2.62. The van der Waals surface area contributed by atoms with Gasteiger partial charge in [-0.15, -0.1) is 0 Å². The van der Waals surface area contributed by atoms with Crippen molar-refractivity contribution >= 4 is 5.78 Å². The molecule has 7 nitrogen and oxygen atoms in total. The second-order valence-corrected chi connectivity index (χ2v) is 7.87. The van der Waals surface area contributed by atoms with Crippen LogP contribution in [-0.4, -0.2) is 93.3 Å². The monoisotopic (exact) mass is 328 g/mol. The number of nitrogens with zero attached hydrogens (tertiary/aromatic N) is 2. The van der Waals surface area contributed by atoms with E-state index in [1.165, 1.54) is 0 Å². The fraction of sp³-hybridized carbons (Fsp3) is 0.938. The summed E-state index contributed by atoms with van der Waals surface area (Å²) in [7, 11) is 0. The highest BCUT2D eigenvalue weighted by Gasteiger charge is 2.64. The van der Waals surface area contributed by atoms with Gasteiger partial charge in [0.1, 0.15) is 24.1 Å². The molecule has 23 heavy (non-hydrogen) atoms. The molecule has 132 valence electrons. The largest absolute Gasteiger partial charge is 0.394 e. The van der Waals surface area contributed by atoms with E-state index in [-0.39, 0.29) is 5.41 Å². The summed E-state index contributed by atoms with van der Waals surface area (Å²) in [6.45, 7) is 5.78. The zero-order valence-corrected chi connectivity index (χ0v) is 13.9. The predicted octanol–water partition coefficient (Wildman–Crippen LogP) is -1.61. The molecule has 0 amide bonds. The quantitative estimate of drug-likeness (QED) is 0.465. The number of ketones is 1. The number of carbonyl (C=O) groups excluding carboxylic acids is 1. The molecule has 0 aromatic heterocycles. The number of rotatable bonds is 6. The van der Waals surface area contributed by atoms with Crippen LogP contribution in [0.4, 0.5) is 0 Å². The third kappa shape index (κ3) is 2.45. The normalized spacial score (nSPS) is 46.0. The summed E-state index contributed by atoms with van der Waals surface area (Å²) in [6, 6.07) is 0. The number of hydrogen-bond acceptors (Lipinski definition) is 7. The minimum atomic E-state index is -1.41. The molecular weight excluding hydrogens is 300 g/mol. The van der Waals surface area contributed by atoms with Gasteiger partial charge >= 0.3 is 0 Å². The second kappa shape index (κ2) is 5.75. The minimum absolute atomic E-state index is 0.336. The lowest BCUT2D eigenvalue weighted by molar-refractivity contribution is -0.229. The van der Waals surface area contributed by atoms with Crippen molar-refractivity contribution in [1.29, 1.82) is 0 Å². The molecule has 5 atom stereocenters. The van der Waals surface area contributed by atoms with E-state index in [0.717, 1.165) is 12.8 Å². The summed E-state index contributed by atoms with van der Waals surface area (Å²) in [5.41, 5.74) is -0.806. The van der Waals surface area contributed by atoms with E-state index in [2.05, 4.69) is 16.7 Å².